The molecule has 0 aromatic heterocycles. The van der Waals surface area contributed by atoms with E-state index >= 15 is 0 Å². The van der Waals surface area contributed by atoms with E-state index in [4.69, 9.17) is 4.74 Å². The molecule has 0 bridgehead atoms. The molecule has 0 spiro atoms. The molecule has 0 aromatic carbocycles. The molecule has 0 amide bonds. The first-order valence-electron chi connectivity index (χ1n) is 7.67. The summed E-state index contributed by atoms with van der Waals surface area (Å²) in [6, 6.07) is 0. The third kappa shape index (κ3) is 2.41. The molecule has 1 saturated carbocycles. The van der Waals surface area contributed by atoms with E-state index in [1.807, 2.05) is 0 Å². The van der Waals surface area contributed by atoms with Crippen LogP contribution >= 0.6 is 0 Å². The number of allylic oxidation sites excluding steroid dienone is 1. The highest BCUT2D eigenvalue weighted by Gasteiger charge is 2.55. The lowest BCUT2D eigenvalue weighted by molar-refractivity contribution is -0.150. The molecule has 3 heteroatoms. The fourth-order valence-corrected chi connectivity index (χ4v) is 4.55. The number of rotatable bonds is 2. The van der Waals surface area contributed by atoms with E-state index in [0.29, 0.717) is 12.5 Å². The highest BCUT2D eigenvalue weighted by atomic mass is 16.5. The second-order valence-electron chi connectivity index (χ2n) is 7.47. The number of carbonyl (C=O) groups is 1. The van der Waals surface area contributed by atoms with Crippen molar-refractivity contribution in [3.8, 4) is 0 Å². The number of aliphatic hydroxyl groups excluding tert-OH is 1. The van der Waals surface area contributed by atoms with E-state index in [9.17, 15) is 9.90 Å². The number of esters is 1. The summed E-state index contributed by atoms with van der Waals surface area (Å²) in [6.07, 6.45) is 4.90. The minimum absolute atomic E-state index is 0.0846. The fourth-order valence-electron chi connectivity index (χ4n) is 4.55. The van der Waals surface area contributed by atoms with Gasteiger partial charge in [0.05, 0.1) is 12.7 Å². The molecule has 3 nitrogen and oxygen atoms in total. The second-order valence-corrected chi connectivity index (χ2v) is 7.47. The third-order valence-corrected chi connectivity index (χ3v) is 5.98. The predicted octanol–water partition coefficient (Wildman–Crippen LogP) is 3.32. The molecule has 0 aromatic rings. The van der Waals surface area contributed by atoms with Gasteiger partial charge in [-0.15, -0.1) is 0 Å². The molecule has 20 heavy (non-hydrogen) atoms. The zero-order chi connectivity index (χ0) is 15.1. The molecule has 2 aliphatic carbocycles. The summed E-state index contributed by atoms with van der Waals surface area (Å²) in [6.45, 7) is 10.8. The van der Waals surface area contributed by atoms with Gasteiger partial charge in [-0.25, -0.2) is 0 Å². The van der Waals surface area contributed by atoms with Gasteiger partial charge in [-0.05, 0) is 42.9 Å². The van der Waals surface area contributed by atoms with Crippen molar-refractivity contribution >= 4 is 5.97 Å². The lowest BCUT2D eigenvalue weighted by Gasteiger charge is -2.58. The molecule has 4 unspecified atom stereocenters. The quantitative estimate of drug-likeness (QED) is 0.623. The Hall–Kier alpha value is -0.830. The van der Waals surface area contributed by atoms with E-state index in [0.717, 1.165) is 19.3 Å². The zero-order valence-electron chi connectivity index (χ0n) is 13.4. The van der Waals surface area contributed by atoms with Crippen LogP contribution in [0.2, 0.25) is 0 Å². The standard InChI is InChI=1S/C17H28O3/c1-11-6-7-14-16(3,4)15(19)8-9-17(14,5)13(11)10-20-12(2)18/h6,13-15,19H,7-10H2,1-5H3. The summed E-state index contributed by atoms with van der Waals surface area (Å²) in [5.41, 5.74) is 1.35. The molecule has 2 aliphatic rings. The number of hydrogen-bond acceptors (Lipinski definition) is 3. The summed E-state index contributed by atoms with van der Waals surface area (Å²) >= 11 is 0. The Morgan fingerprint density at radius 2 is 2.10 bits per heavy atom. The number of fused-ring (bicyclic) bond motifs is 1. The summed E-state index contributed by atoms with van der Waals surface area (Å²) < 4.78 is 5.32. The van der Waals surface area contributed by atoms with E-state index < -0.39 is 0 Å². The Balaban J connectivity index is 2.31. The van der Waals surface area contributed by atoms with Crippen LogP contribution in [0.25, 0.3) is 0 Å². The molecule has 0 aliphatic heterocycles. The van der Waals surface area contributed by atoms with E-state index in [2.05, 4.69) is 33.8 Å². The monoisotopic (exact) mass is 280 g/mol. The highest BCUT2D eigenvalue weighted by Crippen LogP contribution is 2.59. The maximum Gasteiger partial charge on any atom is 0.302 e. The summed E-state index contributed by atoms with van der Waals surface area (Å²) in [5.74, 6) is 0.499. The normalized spacial score (nSPS) is 39.7. The van der Waals surface area contributed by atoms with Crippen LogP contribution in [0.3, 0.4) is 0 Å². The van der Waals surface area contributed by atoms with Gasteiger partial charge >= 0.3 is 5.97 Å². The molecular weight excluding hydrogens is 252 g/mol. The topological polar surface area (TPSA) is 46.5 Å². The maximum absolute atomic E-state index is 11.2. The van der Waals surface area contributed by atoms with Crippen molar-refractivity contribution in [2.75, 3.05) is 6.61 Å². The summed E-state index contributed by atoms with van der Waals surface area (Å²) in [4.78, 5) is 11.2. The van der Waals surface area contributed by atoms with Crippen LogP contribution in [0.5, 0.6) is 0 Å². The average Bonchev–Trinajstić information content (AvgIpc) is 2.33. The van der Waals surface area contributed by atoms with Crippen molar-refractivity contribution < 1.29 is 14.6 Å². The van der Waals surface area contributed by atoms with Crippen molar-refractivity contribution in [3.63, 3.8) is 0 Å². The Labute approximate surface area is 122 Å². The minimum atomic E-state index is -0.234. The van der Waals surface area contributed by atoms with Gasteiger partial charge in [-0.1, -0.05) is 32.4 Å². The zero-order valence-corrected chi connectivity index (χ0v) is 13.4. The SMILES string of the molecule is CC(=O)OCC1C(C)=CCC2C(C)(C)C(O)CCC12C. The smallest absolute Gasteiger partial charge is 0.302 e. The number of carbonyl (C=O) groups excluding carboxylic acids is 1. The van der Waals surface area contributed by atoms with Crippen molar-refractivity contribution in [1.29, 1.82) is 0 Å². The van der Waals surface area contributed by atoms with E-state index in [1.54, 1.807) is 0 Å². The van der Waals surface area contributed by atoms with Crippen molar-refractivity contribution in [2.45, 2.75) is 60.0 Å². The van der Waals surface area contributed by atoms with Crippen molar-refractivity contribution in [1.82, 2.24) is 0 Å². The van der Waals surface area contributed by atoms with Gasteiger partial charge in [0.1, 0.15) is 0 Å². The van der Waals surface area contributed by atoms with Crippen LogP contribution in [-0.2, 0) is 9.53 Å². The first-order valence-corrected chi connectivity index (χ1v) is 7.67. The van der Waals surface area contributed by atoms with Crippen LogP contribution in [0, 0.1) is 22.7 Å². The number of ether oxygens (including phenoxy) is 1. The number of hydrogen-bond donors (Lipinski definition) is 1. The van der Waals surface area contributed by atoms with Gasteiger partial charge in [0.2, 0.25) is 0 Å². The predicted molar refractivity (Wildman–Crippen MR) is 79.1 cm³/mol. The van der Waals surface area contributed by atoms with Crippen LogP contribution in [-0.4, -0.2) is 23.8 Å². The van der Waals surface area contributed by atoms with Gasteiger partial charge in [0, 0.05) is 12.8 Å². The minimum Gasteiger partial charge on any atom is -0.465 e. The van der Waals surface area contributed by atoms with Crippen molar-refractivity contribution in [3.05, 3.63) is 11.6 Å². The van der Waals surface area contributed by atoms with E-state index in [-0.39, 0.29) is 28.8 Å². The van der Waals surface area contributed by atoms with E-state index in [1.165, 1.54) is 12.5 Å². The highest BCUT2D eigenvalue weighted by molar-refractivity contribution is 5.65. The van der Waals surface area contributed by atoms with Gasteiger partial charge in [-0.2, -0.15) is 0 Å². The molecule has 1 N–H and O–H groups in total. The van der Waals surface area contributed by atoms with Gasteiger partial charge in [0.25, 0.3) is 0 Å². The maximum atomic E-state index is 11.2. The molecule has 4 atom stereocenters. The Morgan fingerprint density at radius 3 is 2.70 bits per heavy atom. The van der Waals surface area contributed by atoms with Gasteiger partial charge < -0.3 is 9.84 Å². The molecule has 0 heterocycles. The van der Waals surface area contributed by atoms with Crippen molar-refractivity contribution in [2.24, 2.45) is 22.7 Å². The molecule has 0 saturated heterocycles. The van der Waals surface area contributed by atoms with Gasteiger partial charge in [0.15, 0.2) is 0 Å². The summed E-state index contributed by atoms with van der Waals surface area (Å²) in [7, 11) is 0. The molecular formula is C17H28O3. The van der Waals surface area contributed by atoms with Gasteiger partial charge in [-0.3, -0.25) is 4.79 Å². The van der Waals surface area contributed by atoms with Crippen LogP contribution in [0.15, 0.2) is 11.6 Å². The van der Waals surface area contributed by atoms with Crippen LogP contribution < -0.4 is 0 Å². The lowest BCUT2D eigenvalue weighted by Crippen LogP contribution is -2.54. The Bertz CT molecular complexity index is 424. The number of aliphatic hydroxyl groups is 1. The first-order chi connectivity index (χ1) is 9.19. The lowest BCUT2D eigenvalue weighted by atomic mass is 9.48. The molecule has 2 rings (SSSR count). The largest absolute Gasteiger partial charge is 0.465 e. The third-order valence-electron chi connectivity index (χ3n) is 5.98. The average molecular weight is 280 g/mol. The Kier molecular flexibility index (Phi) is 4.03. The molecule has 114 valence electrons. The summed E-state index contributed by atoms with van der Waals surface area (Å²) in [5, 5.41) is 10.4. The molecule has 0 radical (unpaired) electrons. The fraction of sp³-hybridized carbons (Fsp3) is 0.824. The second kappa shape index (κ2) is 5.18. The molecule has 1 fully saturated rings. The first kappa shape index (κ1) is 15.6. The van der Waals surface area contributed by atoms with Crippen LogP contribution in [0.1, 0.15) is 53.9 Å². The van der Waals surface area contributed by atoms with Crippen LogP contribution in [0.4, 0.5) is 0 Å². The Morgan fingerprint density at radius 1 is 1.45 bits per heavy atom.